The summed E-state index contributed by atoms with van der Waals surface area (Å²) < 4.78 is 10.6. The highest BCUT2D eigenvalue weighted by molar-refractivity contribution is 6.06. The van der Waals surface area contributed by atoms with Crippen LogP contribution in [0.2, 0.25) is 0 Å². The van der Waals surface area contributed by atoms with Crippen LogP contribution in [0.3, 0.4) is 0 Å². The van der Waals surface area contributed by atoms with E-state index >= 15 is 0 Å². The van der Waals surface area contributed by atoms with Gasteiger partial charge in [-0.1, -0.05) is 30.3 Å². The normalized spacial score (nSPS) is 16.5. The van der Waals surface area contributed by atoms with Crippen LogP contribution in [0.15, 0.2) is 48.7 Å². The number of aromatic nitrogens is 1. The van der Waals surface area contributed by atoms with E-state index in [1.807, 2.05) is 63.4 Å². The van der Waals surface area contributed by atoms with Crippen LogP contribution in [-0.2, 0) is 9.47 Å². The average molecular weight is 421 g/mol. The van der Waals surface area contributed by atoms with Crippen LogP contribution in [0, 0.1) is 0 Å². The smallest absolute Gasteiger partial charge is 0.410 e. The fourth-order valence-electron chi connectivity index (χ4n) is 4.17. The third-order valence-electron chi connectivity index (χ3n) is 5.61. The van der Waals surface area contributed by atoms with E-state index in [0.717, 1.165) is 34.0 Å². The van der Waals surface area contributed by atoms with Crippen molar-refractivity contribution in [2.45, 2.75) is 38.7 Å². The van der Waals surface area contributed by atoms with Crippen LogP contribution < -0.4 is 0 Å². The number of hydrogen-bond donors (Lipinski definition) is 1. The van der Waals surface area contributed by atoms with Crippen LogP contribution in [0.4, 0.5) is 4.79 Å². The van der Waals surface area contributed by atoms with Gasteiger partial charge in [-0.2, -0.15) is 0 Å². The molecule has 1 aromatic heterocycles. The van der Waals surface area contributed by atoms with Gasteiger partial charge in [0.05, 0.1) is 18.2 Å². The summed E-state index contributed by atoms with van der Waals surface area (Å²) in [6, 6.07) is 13.9. The second-order valence-electron chi connectivity index (χ2n) is 8.96. The summed E-state index contributed by atoms with van der Waals surface area (Å²) in [5.41, 5.74) is 3.84. The molecular weight excluding hydrogens is 392 g/mol. The van der Waals surface area contributed by atoms with Crippen molar-refractivity contribution in [3.05, 3.63) is 59.8 Å². The summed E-state index contributed by atoms with van der Waals surface area (Å²) in [5.74, 6) is -0.212. The van der Waals surface area contributed by atoms with Gasteiger partial charge >= 0.3 is 12.1 Å². The largest absolute Gasteiger partial charge is 0.465 e. The number of rotatable bonds is 3. The molecule has 1 saturated heterocycles. The molecule has 4 rings (SSSR count). The Morgan fingerprint density at radius 2 is 1.84 bits per heavy atom. The molecule has 1 fully saturated rings. The minimum Gasteiger partial charge on any atom is -0.465 e. The Hall–Kier alpha value is -3.28. The highest BCUT2D eigenvalue weighted by Crippen LogP contribution is 2.36. The van der Waals surface area contributed by atoms with Crippen molar-refractivity contribution in [3.63, 3.8) is 0 Å². The number of amides is 1. The number of hydrogen-bond acceptors (Lipinski definition) is 4. The first kappa shape index (κ1) is 21.0. The standard InChI is InChI=1S/C25H28N2O4/c1-25(2,3)31-24(29)27-11-10-17(15-27)21-14-26-22-19(21)12-18(13-20(22)23(28)30-4)16-8-6-5-7-9-16/h5-9,12-14,17,26H,10-11,15H2,1-4H3. The lowest BCUT2D eigenvalue weighted by atomic mass is 9.94. The number of fused-ring (bicyclic) bond motifs is 1. The van der Waals surface area contributed by atoms with Crippen LogP contribution in [0.5, 0.6) is 0 Å². The lowest BCUT2D eigenvalue weighted by Crippen LogP contribution is -2.35. The van der Waals surface area contributed by atoms with Gasteiger partial charge in [-0.3, -0.25) is 0 Å². The fraction of sp³-hybridized carbons (Fsp3) is 0.360. The highest BCUT2D eigenvalue weighted by Gasteiger charge is 2.32. The summed E-state index contributed by atoms with van der Waals surface area (Å²) in [6.45, 7) is 6.85. The van der Waals surface area contributed by atoms with Gasteiger partial charge in [0, 0.05) is 30.6 Å². The molecule has 1 N–H and O–H groups in total. The summed E-state index contributed by atoms with van der Waals surface area (Å²) in [7, 11) is 1.39. The van der Waals surface area contributed by atoms with E-state index in [-0.39, 0.29) is 18.0 Å². The molecule has 0 saturated carbocycles. The lowest BCUT2D eigenvalue weighted by molar-refractivity contribution is 0.0292. The van der Waals surface area contributed by atoms with Crippen molar-refractivity contribution in [2.24, 2.45) is 0 Å². The second-order valence-corrected chi connectivity index (χ2v) is 8.96. The number of benzene rings is 2. The Kier molecular flexibility index (Phi) is 5.48. The predicted octanol–water partition coefficient (Wildman–Crippen LogP) is 5.35. The quantitative estimate of drug-likeness (QED) is 0.580. The van der Waals surface area contributed by atoms with E-state index in [0.29, 0.717) is 18.7 Å². The van der Waals surface area contributed by atoms with E-state index < -0.39 is 5.60 Å². The molecule has 0 spiro atoms. The summed E-state index contributed by atoms with van der Waals surface area (Å²) in [4.78, 5) is 30.0. The first-order chi connectivity index (χ1) is 14.8. The molecule has 1 amide bonds. The Balaban J connectivity index is 1.71. The Bertz CT molecular complexity index is 1110. The molecule has 162 valence electrons. The van der Waals surface area contributed by atoms with Gasteiger partial charge in [0.25, 0.3) is 0 Å². The van der Waals surface area contributed by atoms with Crippen molar-refractivity contribution >= 4 is 23.0 Å². The second kappa shape index (κ2) is 8.10. The number of aromatic amines is 1. The molecule has 3 aromatic rings. The first-order valence-corrected chi connectivity index (χ1v) is 10.5. The molecule has 0 bridgehead atoms. The maximum absolute atomic E-state index is 12.5. The van der Waals surface area contributed by atoms with E-state index in [1.165, 1.54) is 7.11 Å². The molecule has 0 aliphatic carbocycles. The molecule has 0 radical (unpaired) electrons. The number of carbonyl (C=O) groups is 2. The van der Waals surface area contributed by atoms with Crippen molar-refractivity contribution in [3.8, 4) is 11.1 Å². The first-order valence-electron chi connectivity index (χ1n) is 10.5. The molecule has 1 aliphatic rings. The fourth-order valence-corrected chi connectivity index (χ4v) is 4.17. The number of nitrogens with zero attached hydrogens (tertiary/aromatic N) is 1. The highest BCUT2D eigenvalue weighted by atomic mass is 16.6. The monoisotopic (exact) mass is 420 g/mol. The lowest BCUT2D eigenvalue weighted by Gasteiger charge is -2.24. The number of carbonyl (C=O) groups excluding carboxylic acids is 2. The van der Waals surface area contributed by atoms with Gasteiger partial charge in [-0.25, -0.2) is 9.59 Å². The van der Waals surface area contributed by atoms with Crippen molar-refractivity contribution in [1.29, 1.82) is 0 Å². The number of nitrogens with one attached hydrogen (secondary N) is 1. The molecule has 1 unspecified atom stereocenters. The predicted molar refractivity (Wildman–Crippen MR) is 120 cm³/mol. The van der Waals surface area contributed by atoms with Gasteiger partial charge in [0.2, 0.25) is 0 Å². The summed E-state index contributed by atoms with van der Waals surface area (Å²) >= 11 is 0. The van der Waals surface area contributed by atoms with Crippen molar-refractivity contribution < 1.29 is 19.1 Å². The third-order valence-corrected chi connectivity index (χ3v) is 5.61. The van der Waals surface area contributed by atoms with Crippen LogP contribution in [0.1, 0.15) is 49.0 Å². The number of ether oxygens (including phenoxy) is 2. The van der Waals surface area contributed by atoms with Crippen molar-refractivity contribution in [2.75, 3.05) is 20.2 Å². The Morgan fingerprint density at radius 1 is 1.10 bits per heavy atom. The number of methoxy groups -OCH3 is 1. The van der Waals surface area contributed by atoms with E-state index in [2.05, 4.69) is 11.1 Å². The molecule has 6 heteroatoms. The molecule has 6 nitrogen and oxygen atoms in total. The Labute approximate surface area is 182 Å². The molecule has 2 aromatic carbocycles. The van der Waals surface area contributed by atoms with Crippen LogP contribution in [0.25, 0.3) is 22.0 Å². The van der Waals surface area contributed by atoms with Gasteiger partial charge < -0.3 is 19.4 Å². The minimum absolute atomic E-state index is 0.165. The zero-order chi connectivity index (χ0) is 22.2. The number of H-pyrrole nitrogens is 1. The molecule has 2 heterocycles. The Morgan fingerprint density at radius 3 is 2.52 bits per heavy atom. The molecule has 31 heavy (non-hydrogen) atoms. The van der Waals surface area contributed by atoms with E-state index in [4.69, 9.17) is 9.47 Å². The average Bonchev–Trinajstić information content (AvgIpc) is 3.39. The summed E-state index contributed by atoms with van der Waals surface area (Å²) in [5, 5.41) is 0.984. The van der Waals surface area contributed by atoms with Crippen LogP contribution >= 0.6 is 0 Å². The topological polar surface area (TPSA) is 71.6 Å². The molecular formula is C25H28N2O4. The zero-order valence-corrected chi connectivity index (χ0v) is 18.4. The molecule has 1 atom stereocenters. The SMILES string of the molecule is COC(=O)c1cc(-c2ccccc2)cc2c(C3CCN(C(=O)OC(C)(C)C)C3)c[nH]c12. The van der Waals surface area contributed by atoms with Gasteiger partial charge in [-0.15, -0.1) is 0 Å². The maximum Gasteiger partial charge on any atom is 0.410 e. The van der Waals surface area contributed by atoms with E-state index in [1.54, 1.807) is 4.90 Å². The zero-order valence-electron chi connectivity index (χ0n) is 18.4. The van der Waals surface area contributed by atoms with Gasteiger partial charge in [0.1, 0.15) is 5.60 Å². The van der Waals surface area contributed by atoms with Crippen LogP contribution in [-0.4, -0.2) is 47.7 Å². The summed E-state index contributed by atoms with van der Waals surface area (Å²) in [6.07, 6.45) is 2.51. The van der Waals surface area contributed by atoms with E-state index in [9.17, 15) is 9.59 Å². The number of esters is 1. The number of likely N-dealkylation sites (tertiary alicyclic amines) is 1. The minimum atomic E-state index is -0.518. The van der Waals surface area contributed by atoms with Gasteiger partial charge in [-0.05, 0) is 56.0 Å². The third kappa shape index (κ3) is 4.29. The molecule has 1 aliphatic heterocycles. The van der Waals surface area contributed by atoms with Crippen molar-refractivity contribution in [1.82, 2.24) is 9.88 Å². The van der Waals surface area contributed by atoms with Gasteiger partial charge in [0.15, 0.2) is 0 Å². The maximum atomic E-state index is 12.5.